The maximum Gasteiger partial charge on any atom is 0.189 e. The molecule has 142 valence electrons. The number of aromatic nitrogens is 3. The number of fused-ring (bicyclic) bond motifs is 1. The van der Waals surface area contributed by atoms with Gasteiger partial charge in [-0.1, -0.05) is 35.6 Å². The third-order valence-electron chi connectivity index (χ3n) is 4.17. The van der Waals surface area contributed by atoms with Crippen molar-refractivity contribution in [3.8, 4) is 5.75 Å². The van der Waals surface area contributed by atoms with Crippen LogP contribution in [-0.2, 0) is 0 Å². The Bertz CT molecular complexity index is 1130. The molecule has 0 spiro atoms. The van der Waals surface area contributed by atoms with E-state index in [-0.39, 0.29) is 0 Å². The van der Waals surface area contributed by atoms with Crippen LogP contribution in [-0.4, -0.2) is 21.6 Å². The lowest BCUT2D eigenvalue weighted by Gasteiger charge is -2.14. The number of anilines is 5. The summed E-state index contributed by atoms with van der Waals surface area (Å²) in [5.74, 6) is 1.74. The molecule has 4 N–H and O–H groups in total. The first kappa shape index (κ1) is 18.0. The summed E-state index contributed by atoms with van der Waals surface area (Å²) in [6.07, 6.45) is 1.46. The molecule has 0 atom stereocenters. The van der Waals surface area contributed by atoms with Crippen LogP contribution in [0.3, 0.4) is 0 Å². The van der Waals surface area contributed by atoms with Gasteiger partial charge in [-0.3, -0.25) is 0 Å². The van der Waals surface area contributed by atoms with Crippen LogP contribution in [0.2, 0.25) is 0 Å². The van der Waals surface area contributed by atoms with E-state index in [1.54, 1.807) is 11.3 Å². The molecule has 4 aromatic rings. The van der Waals surface area contributed by atoms with E-state index >= 15 is 0 Å². The molecule has 28 heavy (non-hydrogen) atoms. The van der Waals surface area contributed by atoms with Crippen LogP contribution in [0.5, 0.6) is 5.75 Å². The first-order valence-corrected chi connectivity index (χ1v) is 9.70. The molecular weight excluding hydrogens is 372 g/mol. The molecule has 2 aromatic heterocycles. The minimum absolute atomic E-state index is 0.407. The number of nitrogens with two attached hydrogens (primary N) is 1. The van der Waals surface area contributed by atoms with E-state index in [0.717, 1.165) is 32.3 Å². The lowest BCUT2D eigenvalue weighted by molar-refractivity contribution is 0.342. The van der Waals surface area contributed by atoms with E-state index in [4.69, 9.17) is 10.5 Å². The van der Waals surface area contributed by atoms with Crippen LogP contribution in [0.15, 0.2) is 48.8 Å². The normalized spacial score (nSPS) is 10.8. The summed E-state index contributed by atoms with van der Waals surface area (Å²) in [4.78, 5) is 13.2. The van der Waals surface area contributed by atoms with Crippen LogP contribution >= 0.6 is 11.3 Å². The number of benzene rings is 2. The van der Waals surface area contributed by atoms with E-state index < -0.39 is 0 Å². The Morgan fingerprint density at radius 3 is 2.61 bits per heavy atom. The Labute approximate surface area is 166 Å². The van der Waals surface area contributed by atoms with Crippen LogP contribution < -0.4 is 21.1 Å². The van der Waals surface area contributed by atoms with Crippen molar-refractivity contribution in [2.45, 2.75) is 13.8 Å². The van der Waals surface area contributed by atoms with Gasteiger partial charge in [0, 0.05) is 0 Å². The molecule has 0 aliphatic carbocycles. The SMILES string of the molecule is CCOc1ccccc1Nc1ncnc(Nc2nc3c(C)cccc3s2)c1N. The summed E-state index contributed by atoms with van der Waals surface area (Å²) in [5.41, 5.74) is 9.62. The molecule has 0 saturated heterocycles. The fraction of sp³-hybridized carbons (Fsp3) is 0.150. The summed E-state index contributed by atoms with van der Waals surface area (Å²) in [7, 11) is 0. The lowest BCUT2D eigenvalue weighted by atomic mass is 10.2. The third kappa shape index (κ3) is 3.54. The molecule has 4 rings (SSSR count). The standard InChI is InChI=1S/C20H20N6OS/c1-3-27-14-9-5-4-8-13(14)24-18-16(21)19(23-11-22-18)26-20-25-17-12(2)7-6-10-15(17)28-20/h4-11H,3,21H2,1-2H3,(H2,22,23,24,25,26). The van der Waals surface area contributed by atoms with Gasteiger partial charge in [0.25, 0.3) is 0 Å². The van der Waals surface area contributed by atoms with E-state index in [1.165, 1.54) is 6.33 Å². The van der Waals surface area contributed by atoms with Crippen molar-refractivity contribution in [1.82, 2.24) is 15.0 Å². The second-order valence-electron chi connectivity index (χ2n) is 6.10. The molecule has 8 heteroatoms. The van der Waals surface area contributed by atoms with Crippen molar-refractivity contribution in [2.75, 3.05) is 23.0 Å². The Morgan fingerprint density at radius 2 is 1.82 bits per heavy atom. The highest BCUT2D eigenvalue weighted by Gasteiger charge is 2.13. The zero-order chi connectivity index (χ0) is 19.5. The highest BCUT2D eigenvalue weighted by molar-refractivity contribution is 7.22. The quantitative estimate of drug-likeness (QED) is 0.431. The second-order valence-corrected chi connectivity index (χ2v) is 7.14. The van der Waals surface area contributed by atoms with Gasteiger partial charge in [-0.15, -0.1) is 0 Å². The van der Waals surface area contributed by atoms with Crippen LogP contribution in [0, 0.1) is 6.92 Å². The Hall–Kier alpha value is -3.39. The molecule has 2 aromatic carbocycles. The van der Waals surface area contributed by atoms with Gasteiger partial charge in [-0.05, 0) is 37.6 Å². The van der Waals surface area contributed by atoms with Crippen molar-refractivity contribution >= 4 is 49.7 Å². The average molecular weight is 392 g/mol. The minimum atomic E-state index is 0.407. The number of hydrogen-bond acceptors (Lipinski definition) is 8. The predicted molar refractivity (Wildman–Crippen MR) is 115 cm³/mol. The molecule has 0 aliphatic rings. The highest BCUT2D eigenvalue weighted by Crippen LogP contribution is 2.34. The first-order valence-electron chi connectivity index (χ1n) is 8.88. The van der Waals surface area contributed by atoms with Gasteiger partial charge < -0.3 is 21.1 Å². The molecule has 0 unspecified atom stereocenters. The number of nitrogens with one attached hydrogen (secondary N) is 2. The van der Waals surface area contributed by atoms with Gasteiger partial charge >= 0.3 is 0 Å². The van der Waals surface area contributed by atoms with Crippen LogP contribution in [0.4, 0.5) is 28.1 Å². The molecule has 0 amide bonds. The van der Waals surface area contributed by atoms with Gasteiger partial charge in [0.1, 0.15) is 17.8 Å². The third-order valence-corrected chi connectivity index (χ3v) is 5.11. The Balaban J connectivity index is 1.62. The predicted octanol–water partition coefficient (Wildman–Crippen LogP) is 4.86. The summed E-state index contributed by atoms with van der Waals surface area (Å²) in [5, 5.41) is 7.18. The molecular formula is C20H20N6OS. The minimum Gasteiger partial charge on any atom is -0.492 e. The van der Waals surface area contributed by atoms with Crippen molar-refractivity contribution in [1.29, 1.82) is 0 Å². The van der Waals surface area contributed by atoms with E-state index in [0.29, 0.717) is 23.9 Å². The lowest BCUT2D eigenvalue weighted by Crippen LogP contribution is -2.06. The first-order chi connectivity index (χ1) is 13.7. The molecule has 7 nitrogen and oxygen atoms in total. The number of para-hydroxylation sites is 3. The number of hydrogen-bond donors (Lipinski definition) is 3. The molecule has 0 fully saturated rings. The van der Waals surface area contributed by atoms with Crippen LogP contribution in [0.1, 0.15) is 12.5 Å². The summed E-state index contributed by atoms with van der Waals surface area (Å²) < 4.78 is 6.76. The molecule has 0 saturated carbocycles. The van der Waals surface area contributed by atoms with Crippen molar-refractivity contribution in [3.63, 3.8) is 0 Å². The molecule has 0 aliphatic heterocycles. The topological polar surface area (TPSA) is 98.0 Å². The van der Waals surface area contributed by atoms with Crippen molar-refractivity contribution in [3.05, 3.63) is 54.4 Å². The number of nitrogen functional groups attached to an aromatic ring is 1. The van der Waals surface area contributed by atoms with Crippen molar-refractivity contribution in [2.24, 2.45) is 0 Å². The number of nitrogens with zero attached hydrogens (tertiary/aromatic N) is 3. The van der Waals surface area contributed by atoms with Gasteiger partial charge in [-0.25, -0.2) is 15.0 Å². The van der Waals surface area contributed by atoms with Crippen molar-refractivity contribution < 1.29 is 4.74 Å². The molecule has 2 heterocycles. The molecule has 0 radical (unpaired) electrons. The van der Waals surface area contributed by atoms with E-state index in [1.807, 2.05) is 56.3 Å². The molecule has 0 bridgehead atoms. The maximum atomic E-state index is 6.31. The van der Waals surface area contributed by atoms with Gasteiger partial charge in [-0.2, -0.15) is 0 Å². The van der Waals surface area contributed by atoms with E-state index in [2.05, 4.69) is 25.6 Å². The van der Waals surface area contributed by atoms with Crippen LogP contribution in [0.25, 0.3) is 10.2 Å². The zero-order valence-electron chi connectivity index (χ0n) is 15.6. The smallest absolute Gasteiger partial charge is 0.189 e. The summed E-state index contributed by atoms with van der Waals surface area (Å²) in [6.45, 7) is 4.56. The fourth-order valence-electron chi connectivity index (χ4n) is 2.81. The highest BCUT2D eigenvalue weighted by atomic mass is 32.1. The maximum absolute atomic E-state index is 6.31. The number of ether oxygens (including phenoxy) is 1. The average Bonchev–Trinajstić information content (AvgIpc) is 3.11. The van der Waals surface area contributed by atoms with E-state index in [9.17, 15) is 0 Å². The zero-order valence-corrected chi connectivity index (χ0v) is 16.4. The Kier molecular flexibility index (Phi) is 4.94. The number of thiazole rings is 1. The van der Waals surface area contributed by atoms with Gasteiger partial charge in [0.2, 0.25) is 0 Å². The Morgan fingerprint density at radius 1 is 1.04 bits per heavy atom. The number of aryl methyl sites for hydroxylation is 1. The monoisotopic (exact) mass is 392 g/mol. The summed E-state index contributed by atoms with van der Waals surface area (Å²) in [6, 6.07) is 13.8. The fourth-order valence-corrected chi connectivity index (χ4v) is 3.76. The van der Waals surface area contributed by atoms with Gasteiger partial charge in [0.15, 0.2) is 16.8 Å². The second kappa shape index (κ2) is 7.69. The van der Waals surface area contributed by atoms with Gasteiger partial charge in [0.05, 0.1) is 22.5 Å². The summed E-state index contributed by atoms with van der Waals surface area (Å²) >= 11 is 1.56. The number of rotatable bonds is 6. The largest absolute Gasteiger partial charge is 0.492 e.